The molecule has 0 saturated heterocycles. The van der Waals surface area contributed by atoms with Gasteiger partial charge in [0.25, 0.3) is 5.91 Å². The second kappa shape index (κ2) is 13.4. The summed E-state index contributed by atoms with van der Waals surface area (Å²) in [5, 5.41) is 10.5. The molecule has 0 fully saturated rings. The number of amides is 4. The molecule has 0 aromatic heterocycles. The van der Waals surface area contributed by atoms with Crippen LogP contribution in [0.4, 0.5) is 29.3 Å². The first-order chi connectivity index (χ1) is 18.5. The largest absolute Gasteiger partial charge is 0.416 e. The van der Waals surface area contributed by atoms with Gasteiger partial charge in [0.1, 0.15) is 6.04 Å². The molecular formula is C28H30F3N5O3. The van der Waals surface area contributed by atoms with E-state index in [1.54, 1.807) is 6.07 Å². The first-order valence-corrected chi connectivity index (χ1v) is 12.1. The molecule has 206 valence electrons. The molecular weight excluding hydrogens is 511 g/mol. The third-order valence-corrected chi connectivity index (χ3v) is 5.59. The van der Waals surface area contributed by atoms with Crippen LogP contribution in [-0.2, 0) is 17.4 Å². The van der Waals surface area contributed by atoms with Gasteiger partial charge in [0.05, 0.1) is 5.56 Å². The van der Waals surface area contributed by atoms with E-state index in [9.17, 15) is 27.6 Å². The summed E-state index contributed by atoms with van der Waals surface area (Å²) in [4.78, 5) is 40.2. The van der Waals surface area contributed by atoms with Gasteiger partial charge in [-0.05, 0) is 56.1 Å². The second-order valence-electron chi connectivity index (χ2n) is 9.05. The van der Waals surface area contributed by atoms with E-state index in [1.807, 2.05) is 49.3 Å². The van der Waals surface area contributed by atoms with Crippen LogP contribution in [0.25, 0.3) is 0 Å². The van der Waals surface area contributed by atoms with Crippen molar-refractivity contribution in [2.75, 3.05) is 37.8 Å². The predicted octanol–water partition coefficient (Wildman–Crippen LogP) is 4.37. The fraction of sp³-hybridized carbons (Fsp3) is 0.250. The number of benzene rings is 3. The van der Waals surface area contributed by atoms with Crippen molar-refractivity contribution in [2.45, 2.75) is 18.6 Å². The summed E-state index contributed by atoms with van der Waals surface area (Å²) in [5.41, 5.74) is 0.333. The van der Waals surface area contributed by atoms with Crippen LogP contribution >= 0.6 is 0 Å². The minimum atomic E-state index is -4.54. The average Bonchev–Trinajstić information content (AvgIpc) is 2.88. The van der Waals surface area contributed by atoms with E-state index in [0.29, 0.717) is 13.1 Å². The van der Waals surface area contributed by atoms with Crippen LogP contribution in [0.1, 0.15) is 21.5 Å². The molecule has 1 atom stereocenters. The Hall–Kier alpha value is -4.38. The molecule has 0 heterocycles. The van der Waals surface area contributed by atoms with Crippen LogP contribution in [-0.4, -0.2) is 56.0 Å². The van der Waals surface area contributed by atoms with Gasteiger partial charge in [0, 0.05) is 36.4 Å². The first kappa shape index (κ1) is 29.2. The number of carbonyl (C=O) groups excluding carboxylic acids is 3. The van der Waals surface area contributed by atoms with Crippen molar-refractivity contribution in [1.29, 1.82) is 0 Å². The van der Waals surface area contributed by atoms with Crippen molar-refractivity contribution < 1.29 is 27.6 Å². The summed E-state index contributed by atoms with van der Waals surface area (Å²) >= 11 is 0. The molecule has 4 N–H and O–H groups in total. The summed E-state index contributed by atoms with van der Waals surface area (Å²) in [6.45, 7) is 1.04. The zero-order valence-corrected chi connectivity index (χ0v) is 21.5. The molecule has 3 rings (SSSR count). The molecule has 3 aromatic rings. The van der Waals surface area contributed by atoms with E-state index in [2.05, 4.69) is 21.3 Å². The first-order valence-electron chi connectivity index (χ1n) is 12.1. The van der Waals surface area contributed by atoms with E-state index in [0.717, 1.165) is 17.7 Å². The van der Waals surface area contributed by atoms with Gasteiger partial charge in [0.2, 0.25) is 5.91 Å². The van der Waals surface area contributed by atoms with E-state index in [4.69, 9.17) is 0 Å². The van der Waals surface area contributed by atoms with Crippen LogP contribution in [0.5, 0.6) is 0 Å². The van der Waals surface area contributed by atoms with Gasteiger partial charge in [-0.3, -0.25) is 9.59 Å². The monoisotopic (exact) mass is 541 g/mol. The highest BCUT2D eigenvalue weighted by atomic mass is 19.4. The maximum absolute atomic E-state index is 13.0. The zero-order chi connectivity index (χ0) is 28.4. The van der Waals surface area contributed by atoms with E-state index < -0.39 is 29.7 Å². The van der Waals surface area contributed by atoms with Gasteiger partial charge >= 0.3 is 12.2 Å². The van der Waals surface area contributed by atoms with Crippen LogP contribution in [0.15, 0.2) is 78.9 Å². The third-order valence-electron chi connectivity index (χ3n) is 5.59. The number of nitrogens with one attached hydrogen (secondary N) is 4. The predicted molar refractivity (Wildman–Crippen MR) is 143 cm³/mol. The molecule has 39 heavy (non-hydrogen) atoms. The topological polar surface area (TPSA) is 103 Å². The minimum absolute atomic E-state index is 0.0186. The summed E-state index contributed by atoms with van der Waals surface area (Å²) in [5.74, 6) is -0.995. The molecule has 0 aliphatic heterocycles. The Kier molecular flexibility index (Phi) is 10.0. The van der Waals surface area contributed by atoms with Gasteiger partial charge in [-0.2, -0.15) is 13.2 Å². The summed E-state index contributed by atoms with van der Waals surface area (Å²) in [6.07, 6.45) is -4.28. The fourth-order valence-corrected chi connectivity index (χ4v) is 3.63. The Morgan fingerprint density at radius 3 is 2.18 bits per heavy atom. The van der Waals surface area contributed by atoms with Gasteiger partial charge in [-0.15, -0.1) is 0 Å². The standard InChI is InChI=1S/C28H30F3N5O3/c1-36(2)15-14-32-26(38)24(16-19-8-4-3-5-9-19)35-27(39)34-22-12-6-10-20(17-22)25(37)33-23-13-7-11-21(18-23)28(29,30)31/h3-13,17-18,24H,14-16H2,1-2H3,(H,32,38)(H,33,37)(H2,34,35,39)/t24-/m0/s1. The number of anilines is 2. The number of hydrogen-bond acceptors (Lipinski definition) is 4. The SMILES string of the molecule is CN(C)CCNC(=O)[C@H](Cc1ccccc1)NC(=O)Nc1cccc(C(=O)Nc2cccc(C(F)(F)F)c2)c1. The molecule has 0 aliphatic carbocycles. The quantitative estimate of drug-likeness (QED) is 0.306. The third kappa shape index (κ3) is 9.46. The molecule has 8 nitrogen and oxygen atoms in total. The van der Waals surface area contributed by atoms with Crippen molar-refractivity contribution in [3.8, 4) is 0 Å². The van der Waals surface area contributed by atoms with Crippen LogP contribution in [0, 0.1) is 0 Å². The maximum Gasteiger partial charge on any atom is 0.416 e. The lowest BCUT2D eigenvalue weighted by atomic mass is 10.1. The lowest BCUT2D eigenvalue weighted by Crippen LogP contribution is -2.50. The Labute approximate surface area is 224 Å². The van der Waals surface area contributed by atoms with Crippen LogP contribution in [0.3, 0.4) is 0 Å². The highest BCUT2D eigenvalue weighted by molar-refractivity contribution is 6.05. The second-order valence-corrected chi connectivity index (χ2v) is 9.05. The van der Waals surface area contributed by atoms with Crippen molar-refractivity contribution in [1.82, 2.24) is 15.5 Å². The fourth-order valence-electron chi connectivity index (χ4n) is 3.63. The Morgan fingerprint density at radius 1 is 0.846 bits per heavy atom. The van der Waals surface area contributed by atoms with Crippen molar-refractivity contribution in [3.63, 3.8) is 0 Å². The van der Waals surface area contributed by atoms with Gasteiger partial charge in [-0.25, -0.2) is 4.79 Å². The molecule has 11 heteroatoms. The summed E-state index contributed by atoms with van der Waals surface area (Å²) < 4.78 is 38.9. The number of rotatable bonds is 10. The maximum atomic E-state index is 13.0. The van der Waals surface area contributed by atoms with Crippen molar-refractivity contribution in [2.24, 2.45) is 0 Å². The minimum Gasteiger partial charge on any atom is -0.353 e. The molecule has 0 spiro atoms. The Balaban J connectivity index is 1.66. The number of carbonyl (C=O) groups is 3. The number of alkyl halides is 3. The van der Waals surface area contributed by atoms with Gasteiger partial charge < -0.3 is 26.2 Å². The smallest absolute Gasteiger partial charge is 0.353 e. The van der Waals surface area contributed by atoms with Gasteiger partial charge in [-0.1, -0.05) is 42.5 Å². The zero-order valence-electron chi connectivity index (χ0n) is 21.5. The molecule has 0 bridgehead atoms. The number of likely N-dealkylation sites (N-methyl/N-ethyl adjacent to an activating group) is 1. The molecule has 4 amide bonds. The molecule has 3 aromatic carbocycles. The van der Waals surface area contributed by atoms with Gasteiger partial charge in [0.15, 0.2) is 0 Å². The van der Waals surface area contributed by atoms with E-state index >= 15 is 0 Å². The van der Waals surface area contributed by atoms with Crippen molar-refractivity contribution >= 4 is 29.2 Å². The number of hydrogen-bond donors (Lipinski definition) is 4. The number of urea groups is 1. The van der Waals surface area contributed by atoms with E-state index in [-0.39, 0.29) is 29.3 Å². The van der Waals surface area contributed by atoms with Crippen molar-refractivity contribution in [3.05, 3.63) is 95.6 Å². The average molecular weight is 542 g/mol. The normalized spacial score (nSPS) is 11.9. The number of nitrogens with zero attached hydrogens (tertiary/aromatic N) is 1. The molecule has 0 radical (unpaired) electrons. The Morgan fingerprint density at radius 2 is 1.51 bits per heavy atom. The summed E-state index contributed by atoms with van der Waals surface area (Å²) in [6, 6.07) is 17.9. The Bertz CT molecular complexity index is 1280. The lowest BCUT2D eigenvalue weighted by Gasteiger charge is -2.20. The van der Waals surface area contributed by atoms with E-state index in [1.165, 1.54) is 30.3 Å². The molecule has 0 aliphatic rings. The highest BCUT2D eigenvalue weighted by Crippen LogP contribution is 2.30. The summed E-state index contributed by atoms with van der Waals surface area (Å²) in [7, 11) is 3.76. The highest BCUT2D eigenvalue weighted by Gasteiger charge is 2.30. The van der Waals surface area contributed by atoms with Crippen LogP contribution < -0.4 is 21.3 Å². The molecule has 0 unspecified atom stereocenters. The number of halogens is 3. The lowest BCUT2D eigenvalue weighted by molar-refractivity contribution is -0.137. The molecule has 0 saturated carbocycles. The van der Waals surface area contributed by atoms with Crippen LogP contribution in [0.2, 0.25) is 0 Å².